The van der Waals surface area contributed by atoms with Crippen LogP contribution in [0.4, 0.5) is 17.5 Å². The summed E-state index contributed by atoms with van der Waals surface area (Å²) in [6.45, 7) is 11.2. The van der Waals surface area contributed by atoms with Gasteiger partial charge in [0.15, 0.2) is 0 Å². The fourth-order valence-corrected chi connectivity index (χ4v) is 5.03. The second-order valence-electron chi connectivity index (χ2n) is 8.56. The molecular formula is C27H32BrClN4. The third-order valence-electron chi connectivity index (χ3n) is 5.98. The second kappa shape index (κ2) is 11.2. The number of aryl methyl sites for hydroxylation is 1. The summed E-state index contributed by atoms with van der Waals surface area (Å²) in [6, 6.07) is 19.3. The van der Waals surface area contributed by atoms with Gasteiger partial charge in [-0.05, 0) is 55.0 Å². The van der Waals surface area contributed by atoms with Crippen molar-refractivity contribution in [2.75, 3.05) is 29.4 Å². The summed E-state index contributed by atoms with van der Waals surface area (Å²) in [5.41, 5.74) is 6.13. The molecule has 2 aromatic carbocycles. The molecule has 4 rings (SSSR count). The van der Waals surface area contributed by atoms with Crippen molar-refractivity contribution in [1.29, 1.82) is 0 Å². The van der Waals surface area contributed by atoms with E-state index in [1.165, 1.54) is 16.7 Å². The average Bonchev–Trinajstić information content (AvgIpc) is 2.80. The first kappa shape index (κ1) is 25.3. The topological polar surface area (TPSA) is 32.3 Å². The molecule has 0 amide bonds. The molecule has 2 heterocycles. The van der Waals surface area contributed by atoms with Gasteiger partial charge in [0.05, 0.1) is 0 Å². The minimum atomic E-state index is 0. The van der Waals surface area contributed by atoms with Crippen LogP contribution in [0.3, 0.4) is 0 Å². The molecule has 0 fully saturated rings. The molecule has 1 aliphatic rings. The number of benzene rings is 2. The molecule has 174 valence electrons. The first-order valence-electron chi connectivity index (χ1n) is 11.4. The number of aromatic nitrogens is 2. The van der Waals surface area contributed by atoms with Crippen molar-refractivity contribution >= 4 is 51.4 Å². The summed E-state index contributed by atoms with van der Waals surface area (Å²) in [7, 11) is 0. The Morgan fingerprint density at radius 1 is 1.06 bits per heavy atom. The summed E-state index contributed by atoms with van der Waals surface area (Å²) in [5.74, 6) is 2.22. The number of halogens is 2. The summed E-state index contributed by atoms with van der Waals surface area (Å²) in [4.78, 5) is 14.3. The average molecular weight is 528 g/mol. The molecule has 0 N–H and O–H groups in total. The van der Waals surface area contributed by atoms with Gasteiger partial charge in [0, 0.05) is 41.6 Å². The fraction of sp³-hybridized carbons (Fsp3) is 0.333. The Bertz CT molecular complexity index is 1110. The van der Waals surface area contributed by atoms with Gasteiger partial charge in [0.25, 0.3) is 0 Å². The van der Waals surface area contributed by atoms with Gasteiger partial charge in [-0.2, -0.15) is 4.98 Å². The van der Waals surface area contributed by atoms with Gasteiger partial charge in [-0.25, -0.2) is 4.98 Å². The van der Waals surface area contributed by atoms with E-state index in [0.29, 0.717) is 5.92 Å². The fourth-order valence-electron chi connectivity index (χ4n) is 4.20. The van der Waals surface area contributed by atoms with Crippen molar-refractivity contribution in [2.45, 2.75) is 40.0 Å². The van der Waals surface area contributed by atoms with E-state index in [-0.39, 0.29) is 12.4 Å². The molecule has 4 nitrogen and oxygen atoms in total. The van der Waals surface area contributed by atoms with Crippen LogP contribution in [0.5, 0.6) is 0 Å². The van der Waals surface area contributed by atoms with E-state index in [4.69, 9.17) is 9.97 Å². The molecule has 1 aromatic heterocycles. The van der Waals surface area contributed by atoms with Crippen molar-refractivity contribution in [3.8, 4) is 0 Å². The van der Waals surface area contributed by atoms with Crippen molar-refractivity contribution < 1.29 is 0 Å². The van der Waals surface area contributed by atoms with E-state index in [9.17, 15) is 0 Å². The predicted molar refractivity (Wildman–Crippen MR) is 146 cm³/mol. The molecule has 0 spiro atoms. The molecule has 0 aliphatic carbocycles. The minimum absolute atomic E-state index is 0. The van der Waals surface area contributed by atoms with Gasteiger partial charge in [0.2, 0.25) is 5.95 Å². The quantitative estimate of drug-likeness (QED) is 0.331. The van der Waals surface area contributed by atoms with Crippen LogP contribution in [0.2, 0.25) is 0 Å². The first-order valence-corrected chi connectivity index (χ1v) is 12.2. The molecule has 33 heavy (non-hydrogen) atoms. The standard InChI is InChI=1S/C27H31BrN4.ClH/c1-5-32(23-11-12-24(19(2)3)25(28)18-23)27-29-20(4)17-26(30-27)31-15-13-22(14-16-31)21-9-7-6-8-10-21;/h6-13,17-19H,5,14-16H2,1-4H3;1H. The number of hydrogen-bond donors (Lipinski definition) is 0. The zero-order valence-electron chi connectivity index (χ0n) is 19.8. The van der Waals surface area contributed by atoms with E-state index in [0.717, 1.165) is 53.7 Å². The van der Waals surface area contributed by atoms with Crippen LogP contribution in [0.25, 0.3) is 5.57 Å². The highest BCUT2D eigenvalue weighted by atomic mass is 79.9. The Kier molecular flexibility index (Phi) is 8.55. The molecule has 0 bridgehead atoms. The highest BCUT2D eigenvalue weighted by Gasteiger charge is 2.19. The van der Waals surface area contributed by atoms with Crippen LogP contribution >= 0.6 is 28.3 Å². The molecule has 0 atom stereocenters. The van der Waals surface area contributed by atoms with Gasteiger partial charge < -0.3 is 9.80 Å². The first-order chi connectivity index (χ1) is 15.5. The molecule has 0 radical (unpaired) electrons. The monoisotopic (exact) mass is 526 g/mol. The maximum atomic E-state index is 4.99. The van der Waals surface area contributed by atoms with Crippen molar-refractivity contribution in [3.63, 3.8) is 0 Å². The molecular weight excluding hydrogens is 496 g/mol. The van der Waals surface area contributed by atoms with Crippen LogP contribution in [0.1, 0.15) is 49.9 Å². The second-order valence-corrected chi connectivity index (χ2v) is 9.42. The van der Waals surface area contributed by atoms with E-state index in [1.807, 2.05) is 0 Å². The van der Waals surface area contributed by atoms with Crippen molar-refractivity contribution in [2.24, 2.45) is 0 Å². The predicted octanol–water partition coefficient (Wildman–Crippen LogP) is 7.54. The highest BCUT2D eigenvalue weighted by Crippen LogP contribution is 2.32. The van der Waals surface area contributed by atoms with Gasteiger partial charge in [-0.3, -0.25) is 0 Å². The third kappa shape index (κ3) is 5.77. The van der Waals surface area contributed by atoms with E-state index < -0.39 is 0 Å². The smallest absolute Gasteiger partial charge is 0.232 e. The Hall–Kier alpha value is -2.37. The largest absolute Gasteiger partial charge is 0.352 e. The summed E-state index contributed by atoms with van der Waals surface area (Å²) in [5, 5.41) is 0. The molecule has 6 heteroatoms. The molecule has 0 saturated heterocycles. The summed E-state index contributed by atoms with van der Waals surface area (Å²) >= 11 is 3.75. The van der Waals surface area contributed by atoms with Crippen LogP contribution < -0.4 is 9.80 Å². The van der Waals surface area contributed by atoms with Gasteiger partial charge in [-0.1, -0.05) is 72.3 Å². The van der Waals surface area contributed by atoms with Crippen LogP contribution in [0, 0.1) is 6.92 Å². The summed E-state index contributed by atoms with van der Waals surface area (Å²) < 4.78 is 1.13. The van der Waals surface area contributed by atoms with Crippen molar-refractivity contribution in [1.82, 2.24) is 9.97 Å². The highest BCUT2D eigenvalue weighted by molar-refractivity contribution is 9.10. The lowest BCUT2D eigenvalue weighted by molar-refractivity contribution is 0.805. The molecule has 1 aliphatic heterocycles. The van der Waals surface area contributed by atoms with Crippen LogP contribution in [-0.4, -0.2) is 29.6 Å². The van der Waals surface area contributed by atoms with E-state index in [1.54, 1.807) is 0 Å². The Morgan fingerprint density at radius 2 is 1.82 bits per heavy atom. The number of anilines is 3. The molecule has 0 unspecified atom stereocenters. The number of rotatable bonds is 6. The normalized spacial score (nSPS) is 13.5. The van der Waals surface area contributed by atoms with Gasteiger partial charge in [0.1, 0.15) is 5.82 Å². The lowest BCUT2D eigenvalue weighted by Crippen LogP contribution is -2.30. The maximum absolute atomic E-state index is 4.99. The Labute approximate surface area is 212 Å². The lowest BCUT2D eigenvalue weighted by Gasteiger charge is -2.29. The van der Waals surface area contributed by atoms with Gasteiger partial charge >= 0.3 is 0 Å². The Morgan fingerprint density at radius 3 is 2.42 bits per heavy atom. The van der Waals surface area contributed by atoms with Crippen LogP contribution in [-0.2, 0) is 0 Å². The minimum Gasteiger partial charge on any atom is -0.352 e. The number of nitrogens with zero attached hydrogens (tertiary/aromatic N) is 4. The zero-order chi connectivity index (χ0) is 22.7. The third-order valence-corrected chi connectivity index (χ3v) is 6.67. The lowest BCUT2D eigenvalue weighted by atomic mass is 9.99. The molecule has 3 aromatic rings. The SMILES string of the molecule is CCN(c1ccc(C(C)C)c(Br)c1)c1nc(C)cc(N2CC=C(c3ccccc3)CC2)n1.Cl. The molecule has 0 saturated carbocycles. The van der Waals surface area contributed by atoms with Crippen LogP contribution in [0.15, 0.2) is 65.1 Å². The zero-order valence-corrected chi connectivity index (χ0v) is 22.2. The van der Waals surface area contributed by atoms with Crippen molar-refractivity contribution in [3.05, 3.63) is 82.0 Å². The summed E-state index contributed by atoms with van der Waals surface area (Å²) in [6.07, 6.45) is 3.35. The maximum Gasteiger partial charge on any atom is 0.232 e. The van der Waals surface area contributed by atoms with E-state index in [2.05, 4.69) is 114 Å². The van der Waals surface area contributed by atoms with E-state index >= 15 is 0 Å². The van der Waals surface area contributed by atoms with Gasteiger partial charge in [-0.15, -0.1) is 12.4 Å². The Balaban J connectivity index is 0.00000306. The number of hydrogen-bond acceptors (Lipinski definition) is 4.